The molecule has 0 spiro atoms. The van der Waals surface area contributed by atoms with Gasteiger partial charge in [-0.25, -0.2) is 0 Å². The lowest BCUT2D eigenvalue weighted by Crippen LogP contribution is -2.67. The Morgan fingerprint density at radius 1 is 1.18 bits per heavy atom. The first-order valence-electron chi connectivity index (χ1n) is 7.74. The van der Waals surface area contributed by atoms with E-state index in [-0.39, 0.29) is 6.10 Å². The molecule has 0 bridgehead atoms. The molecule has 1 aliphatic rings. The maximum Gasteiger partial charge on any atom is 0.129 e. The highest BCUT2D eigenvalue weighted by Gasteiger charge is 2.39. The van der Waals surface area contributed by atoms with Gasteiger partial charge in [0.15, 0.2) is 0 Å². The fourth-order valence-electron chi connectivity index (χ4n) is 3.59. The number of fused-ring (bicyclic) bond motifs is 1. The van der Waals surface area contributed by atoms with Gasteiger partial charge in [0, 0.05) is 24.3 Å². The van der Waals surface area contributed by atoms with Crippen molar-refractivity contribution in [3.63, 3.8) is 0 Å². The van der Waals surface area contributed by atoms with Crippen LogP contribution in [-0.4, -0.2) is 36.9 Å². The summed E-state index contributed by atoms with van der Waals surface area (Å²) in [5.41, 5.74) is 1.40. The fourth-order valence-corrected chi connectivity index (χ4v) is 7.76. The van der Waals surface area contributed by atoms with E-state index in [0.29, 0.717) is 0 Å². The topological polar surface area (TPSA) is 23.5 Å². The van der Waals surface area contributed by atoms with Crippen molar-refractivity contribution in [1.82, 2.24) is 4.90 Å². The monoisotopic (exact) mass is 331 g/mol. The minimum Gasteiger partial charge on any atom is -0.392 e. The average Bonchev–Trinajstić information content (AvgIpc) is 2.47. The van der Waals surface area contributed by atoms with Crippen LogP contribution in [0.1, 0.15) is 12.5 Å². The maximum absolute atomic E-state index is 9.79. The summed E-state index contributed by atoms with van der Waals surface area (Å²) in [5.74, 6) is 0. The highest BCUT2D eigenvalue weighted by Crippen LogP contribution is 2.19. The molecular formula is C18H22ClNOSi. The molecule has 2 nitrogen and oxygen atoms in total. The first-order chi connectivity index (χ1) is 10.5. The van der Waals surface area contributed by atoms with Crippen LogP contribution in [0.5, 0.6) is 0 Å². The molecule has 0 fully saturated rings. The van der Waals surface area contributed by atoms with Gasteiger partial charge in [-0.05, 0) is 29.8 Å². The highest BCUT2D eigenvalue weighted by molar-refractivity contribution is 7.02. The number of β-amino-alcohol motifs (C(OH)–C–C–N with tert-alkyl or cyclic N) is 1. The summed E-state index contributed by atoms with van der Waals surface area (Å²) in [4.78, 5) is 2.40. The van der Waals surface area contributed by atoms with Gasteiger partial charge in [0.2, 0.25) is 0 Å². The van der Waals surface area contributed by atoms with Crippen LogP contribution in [0.25, 0.3) is 0 Å². The molecule has 0 radical (unpaired) electrons. The normalized spacial score (nSPS) is 23.1. The number of hydrogen-bond donors (Lipinski definition) is 1. The molecule has 0 amide bonds. The predicted octanol–water partition coefficient (Wildman–Crippen LogP) is 2.27. The number of nitrogens with zero attached hydrogens (tertiary/aromatic N) is 1. The summed E-state index contributed by atoms with van der Waals surface area (Å²) in [5, 5.41) is 13.5. The van der Waals surface area contributed by atoms with Crippen LogP contribution in [-0.2, 0) is 6.54 Å². The quantitative estimate of drug-likeness (QED) is 0.872. The van der Waals surface area contributed by atoms with Crippen molar-refractivity contribution in [1.29, 1.82) is 0 Å². The van der Waals surface area contributed by atoms with Gasteiger partial charge in [-0.2, -0.15) is 0 Å². The lowest BCUT2D eigenvalue weighted by Gasteiger charge is -2.41. The molecule has 0 aromatic heterocycles. The van der Waals surface area contributed by atoms with Crippen LogP contribution in [0, 0.1) is 0 Å². The van der Waals surface area contributed by atoms with E-state index >= 15 is 0 Å². The molecule has 4 heteroatoms. The molecule has 0 saturated carbocycles. The van der Waals surface area contributed by atoms with Gasteiger partial charge in [0.1, 0.15) is 8.07 Å². The number of rotatable bonds is 3. The van der Waals surface area contributed by atoms with Crippen molar-refractivity contribution in [2.75, 3.05) is 12.7 Å². The lowest BCUT2D eigenvalue weighted by molar-refractivity contribution is 0.132. The van der Waals surface area contributed by atoms with E-state index in [1.165, 1.54) is 15.9 Å². The zero-order valence-electron chi connectivity index (χ0n) is 13.1. The molecule has 0 aliphatic carbocycles. The SMILES string of the molecule is CC(O)CN1Cc2ccccc2[Si](C)(c2ccc(Cl)cc2)C1. The van der Waals surface area contributed by atoms with E-state index in [1.54, 1.807) is 0 Å². The molecule has 116 valence electrons. The first kappa shape index (κ1) is 15.8. The van der Waals surface area contributed by atoms with Crippen LogP contribution in [0.2, 0.25) is 11.6 Å². The molecule has 1 N–H and O–H groups in total. The third-order valence-corrected chi connectivity index (χ3v) is 9.17. The van der Waals surface area contributed by atoms with Crippen molar-refractivity contribution < 1.29 is 5.11 Å². The van der Waals surface area contributed by atoms with Crippen molar-refractivity contribution >= 4 is 30.0 Å². The van der Waals surface area contributed by atoms with Crippen LogP contribution >= 0.6 is 11.6 Å². The molecule has 1 aliphatic heterocycles. The molecule has 2 aromatic carbocycles. The van der Waals surface area contributed by atoms with Crippen LogP contribution in [0.4, 0.5) is 0 Å². The Morgan fingerprint density at radius 3 is 2.55 bits per heavy atom. The number of benzene rings is 2. The second-order valence-electron chi connectivity index (χ2n) is 6.51. The molecule has 2 aromatic rings. The van der Waals surface area contributed by atoms with Crippen molar-refractivity contribution in [2.24, 2.45) is 0 Å². The zero-order valence-corrected chi connectivity index (χ0v) is 14.8. The second-order valence-corrected chi connectivity index (χ2v) is 11.0. The Bertz CT molecular complexity index is 658. The summed E-state index contributed by atoms with van der Waals surface area (Å²) in [6.45, 7) is 5.94. The van der Waals surface area contributed by atoms with Gasteiger partial charge >= 0.3 is 0 Å². The Morgan fingerprint density at radius 2 is 1.86 bits per heavy atom. The van der Waals surface area contributed by atoms with Crippen LogP contribution < -0.4 is 10.4 Å². The minimum absolute atomic E-state index is 0.297. The predicted molar refractivity (Wildman–Crippen MR) is 95.7 cm³/mol. The number of halogens is 1. The summed E-state index contributed by atoms with van der Waals surface area (Å²) in [6.07, 6.45) is 0.741. The van der Waals surface area contributed by atoms with Gasteiger partial charge in [0.25, 0.3) is 0 Å². The Balaban J connectivity index is 2.05. The smallest absolute Gasteiger partial charge is 0.129 e. The number of aliphatic hydroxyl groups is 1. The molecule has 1 heterocycles. The largest absolute Gasteiger partial charge is 0.392 e. The van der Waals surface area contributed by atoms with Gasteiger partial charge in [0.05, 0.1) is 6.10 Å². The van der Waals surface area contributed by atoms with E-state index < -0.39 is 8.07 Å². The van der Waals surface area contributed by atoms with Crippen molar-refractivity contribution in [2.45, 2.75) is 26.1 Å². The fraction of sp³-hybridized carbons (Fsp3) is 0.333. The second kappa shape index (κ2) is 6.17. The summed E-state index contributed by atoms with van der Waals surface area (Å²) >= 11 is 6.07. The average molecular weight is 332 g/mol. The third-order valence-electron chi connectivity index (χ3n) is 4.55. The molecule has 2 atom stereocenters. The maximum atomic E-state index is 9.79. The number of aliphatic hydroxyl groups excluding tert-OH is 1. The summed E-state index contributed by atoms with van der Waals surface area (Å²) in [7, 11) is -1.83. The van der Waals surface area contributed by atoms with E-state index in [2.05, 4.69) is 47.8 Å². The van der Waals surface area contributed by atoms with Crippen LogP contribution in [0.3, 0.4) is 0 Å². The summed E-state index contributed by atoms with van der Waals surface area (Å²) in [6, 6.07) is 17.1. The van der Waals surface area contributed by atoms with E-state index in [1.807, 2.05) is 19.1 Å². The van der Waals surface area contributed by atoms with Crippen molar-refractivity contribution in [3.8, 4) is 0 Å². The minimum atomic E-state index is -1.83. The van der Waals surface area contributed by atoms with Gasteiger partial charge in [-0.15, -0.1) is 0 Å². The van der Waals surface area contributed by atoms with E-state index in [9.17, 15) is 5.11 Å². The molecular weight excluding hydrogens is 310 g/mol. The molecule has 22 heavy (non-hydrogen) atoms. The van der Waals surface area contributed by atoms with Gasteiger partial charge < -0.3 is 5.11 Å². The Labute approximate surface area is 138 Å². The standard InChI is InChI=1S/C18H22ClNOSi/c1-14(21)11-20-12-15-5-3-4-6-18(15)22(2,13-20)17-9-7-16(19)8-10-17/h3-10,14,21H,11-13H2,1-2H3. The van der Waals surface area contributed by atoms with E-state index in [4.69, 9.17) is 11.6 Å². The van der Waals surface area contributed by atoms with Crippen LogP contribution in [0.15, 0.2) is 48.5 Å². The Kier molecular flexibility index (Phi) is 4.41. The lowest BCUT2D eigenvalue weighted by atomic mass is 10.2. The molecule has 3 rings (SSSR count). The third kappa shape index (κ3) is 2.99. The highest BCUT2D eigenvalue weighted by atomic mass is 35.5. The van der Waals surface area contributed by atoms with Gasteiger partial charge in [-0.1, -0.05) is 59.7 Å². The molecule has 2 unspecified atom stereocenters. The summed E-state index contributed by atoms with van der Waals surface area (Å²) < 4.78 is 0. The first-order valence-corrected chi connectivity index (χ1v) is 10.8. The molecule has 0 saturated heterocycles. The zero-order chi connectivity index (χ0) is 15.7. The van der Waals surface area contributed by atoms with E-state index in [0.717, 1.165) is 24.3 Å². The number of hydrogen-bond acceptors (Lipinski definition) is 2. The van der Waals surface area contributed by atoms with Crippen molar-refractivity contribution in [3.05, 3.63) is 59.1 Å². The Hall–Kier alpha value is -1.13. The van der Waals surface area contributed by atoms with Gasteiger partial charge in [-0.3, -0.25) is 4.90 Å².